The normalized spacial score (nSPS) is 17.9. The highest BCUT2D eigenvalue weighted by Crippen LogP contribution is 2.40. The maximum atomic E-state index is 13.1. The number of imidazole rings is 1. The van der Waals surface area contributed by atoms with Crippen molar-refractivity contribution in [2.75, 3.05) is 13.1 Å². The topological polar surface area (TPSA) is 85.9 Å². The van der Waals surface area contributed by atoms with Crippen LogP contribution in [0.2, 0.25) is 0 Å². The van der Waals surface area contributed by atoms with Gasteiger partial charge in [-0.2, -0.15) is 4.31 Å². The molecule has 2 fully saturated rings. The molecule has 1 saturated carbocycles. The van der Waals surface area contributed by atoms with Gasteiger partial charge in [-0.25, -0.2) is 13.4 Å². The third-order valence-corrected chi connectivity index (χ3v) is 9.26. The predicted octanol–water partition coefficient (Wildman–Crippen LogP) is 4.01. The zero-order valence-corrected chi connectivity index (χ0v) is 20.3. The Bertz CT molecular complexity index is 1220. The molecule has 0 unspecified atom stereocenters. The van der Waals surface area contributed by atoms with Gasteiger partial charge in [0.15, 0.2) is 5.16 Å². The van der Waals surface area contributed by atoms with E-state index in [1.165, 1.54) is 12.8 Å². The third-order valence-electron chi connectivity index (χ3n) is 6.40. The lowest BCUT2D eigenvalue weighted by atomic mass is 10.2. The van der Waals surface area contributed by atoms with Gasteiger partial charge in [0.25, 0.3) is 0 Å². The summed E-state index contributed by atoms with van der Waals surface area (Å²) in [5.74, 6) is 3.27. The van der Waals surface area contributed by atoms with Crippen molar-refractivity contribution in [1.29, 1.82) is 0 Å². The smallest absolute Gasteiger partial charge is 0.243 e. The largest absolute Gasteiger partial charge is 0.328 e. The minimum Gasteiger partial charge on any atom is -0.328 e. The monoisotopic (exact) mass is 474 g/mol. The van der Waals surface area contributed by atoms with E-state index in [0.717, 1.165) is 60.2 Å². The van der Waals surface area contributed by atoms with Gasteiger partial charge in [0.05, 0.1) is 21.7 Å². The quantitative estimate of drug-likeness (QED) is 0.459. The van der Waals surface area contributed by atoms with Crippen molar-refractivity contribution >= 4 is 32.8 Å². The van der Waals surface area contributed by atoms with Crippen LogP contribution in [0.4, 0.5) is 0 Å². The molecular formula is C22H30N6O2S2. The van der Waals surface area contributed by atoms with Gasteiger partial charge >= 0.3 is 0 Å². The predicted molar refractivity (Wildman–Crippen MR) is 125 cm³/mol. The molecule has 2 aliphatic rings. The zero-order valence-electron chi connectivity index (χ0n) is 18.7. The number of nitrogens with zero attached hydrogens (tertiary/aromatic N) is 6. The number of thioether (sulfide) groups is 1. The van der Waals surface area contributed by atoms with Gasteiger partial charge in [0, 0.05) is 32.1 Å². The lowest BCUT2D eigenvalue weighted by Gasteiger charge is -2.25. The molecule has 0 radical (unpaired) electrons. The van der Waals surface area contributed by atoms with Gasteiger partial charge in [-0.05, 0) is 57.7 Å². The molecular weight excluding hydrogens is 444 g/mol. The number of hydrogen-bond acceptors (Lipinski definition) is 6. The van der Waals surface area contributed by atoms with E-state index in [0.29, 0.717) is 29.7 Å². The van der Waals surface area contributed by atoms with E-state index in [4.69, 9.17) is 4.98 Å². The molecule has 0 N–H and O–H groups in total. The molecule has 1 aliphatic carbocycles. The fourth-order valence-corrected chi connectivity index (χ4v) is 7.01. The molecule has 1 aliphatic heterocycles. The van der Waals surface area contributed by atoms with E-state index in [1.807, 2.05) is 6.07 Å². The number of sulfonamides is 1. The second kappa shape index (κ2) is 8.79. The van der Waals surface area contributed by atoms with Crippen molar-refractivity contribution in [3.63, 3.8) is 0 Å². The second-order valence-electron chi connectivity index (χ2n) is 8.54. The maximum Gasteiger partial charge on any atom is 0.243 e. The molecule has 0 amide bonds. The summed E-state index contributed by atoms with van der Waals surface area (Å²) in [5.41, 5.74) is 1.70. The summed E-state index contributed by atoms with van der Waals surface area (Å²) >= 11 is 1.65. The Labute approximate surface area is 193 Å². The lowest BCUT2D eigenvalue weighted by Crippen LogP contribution is -2.35. The molecule has 32 heavy (non-hydrogen) atoms. The first-order chi connectivity index (χ1) is 15.5. The fourth-order valence-electron chi connectivity index (χ4n) is 4.51. The molecule has 1 aromatic carbocycles. The summed E-state index contributed by atoms with van der Waals surface area (Å²) in [6, 6.07) is 5.36. The van der Waals surface area contributed by atoms with Crippen molar-refractivity contribution in [3.8, 4) is 0 Å². The Morgan fingerprint density at radius 3 is 2.47 bits per heavy atom. The number of benzene rings is 1. The van der Waals surface area contributed by atoms with Crippen molar-refractivity contribution in [2.24, 2.45) is 0 Å². The first kappa shape index (κ1) is 21.9. The van der Waals surface area contributed by atoms with Gasteiger partial charge in [-0.3, -0.25) is 0 Å². The minimum atomic E-state index is -3.47. The van der Waals surface area contributed by atoms with Gasteiger partial charge in [0.1, 0.15) is 11.6 Å². The Balaban J connectivity index is 1.41. The number of aromatic nitrogens is 5. The molecule has 5 rings (SSSR count). The first-order valence-electron chi connectivity index (χ1n) is 11.6. The number of fused-ring (bicyclic) bond motifs is 1. The Hall–Kier alpha value is -1.91. The molecule has 0 bridgehead atoms. The van der Waals surface area contributed by atoms with Crippen LogP contribution >= 0.6 is 11.8 Å². The van der Waals surface area contributed by atoms with Crippen LogP contribution in [0.3, 0.4) is 0 Å². The average Bonchev–Trinajstić information content (AvgIpc) is 3.48. The van der Waals surface area contributed by atoms with E-state index in [-0.39, 0.29) is 0 Å². The van der Waals surface area contributed by atoms with E-state index >= 15 is 0 Å². The van der Waals surface area contributed by atoms with Crippen LogP contribution in [0.1, 0.15) is 63.5 Å². The van der Waals surface area contributed by atoms with Gasteiger partial charge in [-0.1, -0.05) is 18.2 Å². The van der Waals surface area contributed by atoms with Crippen LogP contribution < -0.4 is 0 Å². The first-order valence-corrected chi connectivity index (χ1v) is 14.0. The zero-order chi connectivity index (χ0) is 22.3. The Morgan fingerprint density at radius 1 is 1.03 bits per heavy atom. The summed E-state index contributed by atoms with van der Waals surface area (Å²) in [6.45, 7) is 7.07. The molecule has 10 heteroatoms. The van der Waals surface area contributed by atoms with Crippen LogP contribution in [0, 0.1) is 0 Å². The molecule has 172 valence electrons. The molecule has 1 saturated heterocycles. The second-order valence-corrected chi connectivity index (χ2v) is 11.4. The van der Waals surface area contributed by atoms with Crippen molar-refractivity contribution in [3.05, 3.63) is 29.8 Å². The molecule has 8 nitrogen and oxygen atoms in total. The number of piperidine rings is 1. The van der Waals surface area contributed by atoms with Gasteiger partial charge < -0.3 is 9.13 Å². The van der Waals surface area contributed by atoms with E-state index in [1.54, 1.807) is 28.2 Å². The third kappa shape index (κ3) is 3.97. The van der Waals surface area contributed by atoms with E-state index in [2.05, 4.69) is 33.2 Å². The highest BCUT2D eigenvalue weighted by Gasteiger charge is 2.30. The molecule has 0 atom stereocenters. The van der Waals surface area contributed by atoms with Gasteiger partial charge in [0.2, 0.25) is 10.0 Å². The molecule has 3 aromatic rings. The molecule has 2 aromatic heterocycles. The van der Waals surface area contributed by atoms with Crippen molar-refractivity contribution in [1.82, 2.24) is 28.6 Å². The summed E-state index contributed by atoms with van der Waals surface area (Å²) in [7, 11) is -3.47. The number of aryl methyl sites for hydroxylation is 1. The van der Waals surface area contributed by atoms with Crippen LogP contribution in [0.25, 0.3) is 11.0 Å². The van der Waals surface area contributed by atoms with Crippen molar-refractivity contribution in [2.45, 2.75) is 80.8 Å². The highest BCUT2D eigenvalue weighted by atomic mass is 32.2. The minimum absolute atomic E-state index is 0.339. The molecule has 3 heterocycles. The summed E-state index contributed by atoms with van der Waals surface area (Å²) in [5, 5.41) is 9.78. The van der Waals surface area contributed by atoms with E-state index in [9.17, 15) is 8.42 Å². The fraction of sp³-hybridized carbons (Fsp3) is 0.591. The standard InChI is InChI=1S/C22H30N6O2S2/c1-3-27-19-11-10-17(32(29,30)26-12-6-5-7-13-26)14-18(19)23-20(27)15-31-22-25-24-21(16-8-9-16)28(22)4-2/h10-11,14,16H,3-9,12-13,15H2,1-2H3. The van der Waals surface area contributed by atoms with Crippen LogP contribution in [-0.4, -0.2) is 50.1 Å². The average molecular weight is 475 g/mol. The molecule has 0 spiro atoms. The number of hydrogen-bond donors (Lipinski definition) is 0. The lowest BCUT2D eigenvalue weighted by molar-refractivity contribution is 0.346. The van der Waals surface area contributed by atoms with Crippen LogP contribution in [-0.2, 0) is 28.9 Å². The number of rotatable bonds is 8. The Morgan fingerprint density at radius 2 is 1.78 bits per heavy atom. The summed E-state index contributed by atoms with van der Waals surface area (Å²) in [6.07, 6.45) is 5.37. The summed E-state index contributed by atoms with van der Waals surface area (Å²) in [4.78, 5) is 5.17. The summed E-state index contributed by atoms with van der Waals surface area (Å²) < 4.78 is 32.2. The van der Waals surface area contributed by atoms with Crippen molar-refractivity contribution < 1.29 is 8.42 Å². The van der Waals surface area contributed by atoms with Gasteiger partial charge in [-0.15, -0.1) is 10.2 Å². The highest BCUT2D eigenvalue weighted by molar-refractivity contribution is 7.98. The Kier molecular flexibility index (Phi) is 6.02. The van der Waals surface area contributed by atoms with Crippen LogP contribution in [0.15, 0.2) is 28.3 Å². The van der Waals surface area contributed by atoms with Crippen LogP contribution in [0.5, 0.6) is 0 Å². The van der Waals surface area contributed by atoms with E-state index < -0.39 is 10.0 Å². The maximum absolute atomic E-state index is 13.1. The SMILES string of the molecule is CCn1c(SCc2nc3cc(S(=O)(=O)N4CCCCC4)ccc3n2CC)nnc1C1CC1.